The first-order valence-electron chi connectivity index (χ1n) is 12.7. The Morgan fingerprint density at radius 1 is 1.09 bits per heavy atom. The molecule has 8 heteroatoms. The molecular weight excluding hydrogens is 464 g/mol. The molecule has 4 amide bonds. The number of hydrogen-bond acceptors (Lipinski definition) is 4. The van der Waals surface area contributed by atoms with Crippen LogP contribution >= 0.6 is 12.4 Å². The molecule has 3 aliphatic rings. The second-order valence-corrected chi connectivity index (χ2v) is 11.6. The number of carbonyl (C=O) groups is 3. The van der Waals surface area contributed by atoms with Crippen molar-refractivity contribution in [1.82, 2.24) is 20.0 Å². The molecule has 0 saturated carbocycles. The van der Waals surface area contributed by atoms with E-state index in [1.165, 1.54) is 4.90 Å². The Balaban J connectivity index is 0.00000342. The molecule has 4 rings (SSSR count). The smallest absolute Gasteiger partial charge is 0.327 e. The Bertz CT molecular complexity index is 931. The molecule has 3 fully saturated rings. The maximum absolute atomic E-state index is 13.3. The van der Waals surface area contributed by atoms with Crippen molar-refractivity contribution in [1.29, 1.82) is 0 Å². The van der Waals surface area contributed by atoms with Gasteiger partial charge in [-0.3, -0.25) is 19.4 Å². The Hall–Kier alpha value is -2.12. The fraction of sp³-hybridized carbons (Fsp3) is 0.667. The van der Waals surface area contributed by atoms with Crippen molar-refractivity contribution < 1.29 is 14.4 Å². The Kier molecular flexibility index (Phi) is 7.92. The van der Waals surface area contributed by atoms with Gasteiger partial charge in [-0.05, 0) is 51.5 Å². The van der Waals surface area contributed by atoms with Crippen molar-refractivity contribution in [2.24, 2.45) is 5.41 Å². The van der Waals surface area contributed by atoms with Gasteiger partial charge in [-0.15, -0.1) is 12.4 Å². The van der Waals surface area contributed by atoms with Gasteiger partial charge in [0.2, 0.25) is 5.91 Å². The quantitative estimate of drug-likeness (QED) is 0.584. The van der Waals surface area contributed by atoms with Gasteiger partial charge in [0.15, 0.2) is 0 Å². The molecule has 0 radical (unpaired) electrons. The van der Waals surface area contributed by atoms with Gasteiger partial charge in [-0.2, -0.15) is 0 Å². The predicted molar refractivity (Wildman–Crippen MR) is 139 cm³/mol. The Labute approximate surface area is 216 Å². The summed E-state index contributed by atoms with van der Waals surface area (Å²) in [4.78, 5) is 44.7. The molecule has 3 atom stereocenters. The molecule has 1 N–H and O–H groups in total. The van der Waals surface area contributed by atoms with Gasteiger partial charge in [0.25, 0.3) is 5.91 Å². The SMILES string of the molecule is CC(C)N1C(=O)N(C)C(=O)C12CC1CCC(C2)N1CC[C@H](NC(=O)C(C)(C)C)c1ccccc1.Cl. The van der Waals surface area contributed by atoms with Crippen molar-refractivity contribution in [3.63, 3.8) is 0 Å². The molecule has 2 bridgehead atoms. The van der Waals surface area contributed by atoms with E-state index in [-0.39, 0.29) is 54.4 Å². The summed E-state index contributed by atoms with van der Waals surface area (Å²) in [6.45, 7) is 10.7. The molecule has 7 nitrogen and oxygen atoms in total. The summed E-state index contributed by atoms with van der Waals surface area (Å²) in [6.07, 6.45) is 4.30. The summed E-state index contributed by atoms with van der Waals surface area (Å²) in [6, 6.07) is 10.5. The summed E-state index contributed by atoms with van der Waals surface area (Å²) in [5.41, 5.74) is -0.0440. The number of amides is 4. The van der Waals surface area contributed by atoms with Crippen LogP contribution in [-0.2, 0) is 9.59 Å². The monoisotopic (exact) mass is 504 g/mol. The minimum Gasteiger partial charge on any atom is -0.349 e. The van der Waals surface area contributed by atoms with Crippen LogP contribution in [0.5, 0.6) is 0 Å². The van der Waals surface area contributed by atoms with E-state index >= 15 is 0 Å². The first kappa shape index (κ1) is 27.5. The second kappa shape index (κ2) is 10.1. The van der Waals surface area contributed by atoms with E-state index in [0.717, 1.165) is 31.4 Å². The van der Waals surface area contributed by atoms with Crippen LogP contribution < -0.4 is 5.32 Å². The van der Waals surface area contributed by atoms with Crippen LogP contribution in [0.3, 0.4) is 0 Å². The lowest BCUT2D eigenvalue weighted by Crippen LogP contribution is -2.61. The number of fused-ring (bicyclic) bond motifs is 2. The number of likely N-dealkylation sites (N-methyl/N-ethyl adjacent to an activating group) is 1. The number of halogens is 1. The number of urea groups is 1. The standard InChI is InChI=1S/C27H40N4O3.ClH/c1-18(2)31-25(34)29(6)24(33)27(31)16-20-12-13-21(17-27)30(20)15-14-22(19-10-8-7-9-11-19)28-23(32)26(3,4)5;/h7-11,18,20-22H,12-17H2,1-6H3,(H,28,32);1H/t20?,21?,22-,27?;/m0./s1. The highest BCUT2D eigenvalue weighted by molar-refractivity contribution is 6.07. The van der Waals surface area contributed by atoms with E-state index in [2.05, 4.69) is 22.3 Å². The molecule has 1 aromatic carbocycles. The van der Waals surface area contributed by atoms with E-state index in [1.54, 1.807) is 7.05 Å². The second-order valence-electron chi connectivity index (χ2n) is 11.6. The summed E-state index contributed by atoms with van der Waals surface area (Å²) >= 11 is 0. The number of nitrogens with zero attached hydrogens (tertiary/aromatic N) is 3. The zero-order valence-electron chi connectivity index (χ0n) is 21.9. The summed E-state index contributed by atoms with van der Waals surface area (Å²) in [7, 11) is 1.62. The largest absolute Gasteiger partial charge is 0.349 e. The molecule has 3 aliphatic heterocycles. The molecule has 2 unspecified atom stereocenters. The van der Waals surface area contributed by atoms with Gasteiger partial charge >= 0.3 is 6.03 Å². The average molecular weight is 505 g/mol. The number of benzene rings is 1. The fourth-order valence-corrected chi connectivity index (χ4v) is 6.27. The maximum atomic E-state index is 13.3. The Morgan fingerprint density at radius 3 is 2.17 bits per heavy atom. The highest BCUT2D eigenvalue weighted by Crippen LogP contribution is 2.48. The number of rotatable bonds is 6. The van der Waals surface area contributed by atoms with Gasteiger partial charge in [0, 0.05) is 37.1 Å². The lowest BCUT2D eigenvalue weighted by Gasteiger charge is -2.48. The lowest BCUT2D eigenvalue weighted by atomic mass is 9.80. The number of hydrogen-bond donors (Lipinski definition) is 1. The van der Waals surface area contributed by atoms with Crippen LogP contribution in [0.1, 0.15) is 78.3 Å². The molecule has 3 saturated heterocycles. The minimum atomic E-state index is -0.707. The third-order valence-electron chi connectivity index (χ3n) is 7.96. The number of piperidine rings is 1. The topological polar surface area (TPSA) is 73.0 Å². The van der Waals surface area contributed by atoms with Crippen molar-refractivity contribution >= 4 is 30.3 Å². The zero-order chi connectivity index (χ0) is 24.8. The van der Waals surface area contributed by atoms with Gasteiger partial charge in [0.1, 0.15) is 5.54 Å². The summed E-state index contributed by atoms with van der Waals surface area (Å²) in [5, 5.41) is 3.27. The predicted octanol–water partition coefficient (Wildman–Crippen LogP) is 4.37. The average Bonchev–Trinajstić information content (AvgIpc) is 3.12. The third kappa shape index (κ3) is 4.94. The van der Waals surface area contributed by atoms with E-state index in [1.807, 2.05) is 57.7 Å². The number of imide groups is 1. The van der Waals surface area contributed by atoms with Crippen LogP contribution in [0, 0.1) is 5.41 Å². The van der Waals surface area contributed by atoms with Crippen LogP contribution in [-0.4, -0.2) is 69.8 Å². The molecule has 35 heavy (non-hydrogen) atoms. The van der Waals surface area contributed by atoms with Crippen molar-refractivity contribution in [2.75, 3.05) is 13.6 Å². The van der Waals surface area contributed by atoms with Crippen LogP contribution in [0.2, 0.25) is 0 Å². The summed E-state index contributed by atoms with van der Waals surface area (Å²) in [5.74, 6) is 0.00921. The highest BCUT2D eigenvalue weighted by Gasteiger charge is 2.62. The van der Waals surface area contributed by atoms with Gasteiger partial charge < -0.3 is 10.2 Å². The van der Waals surface area contributed by atoms with E-state index in [9.17, 15) is 14.4 Å². The van der Waals surface area contributed by atoms with Gasteiger partial charge in [0.05, 0.1) is 6.04 Å². The molecule has 1 spiro atoms. The van der Waals surface area contributed by atoms with Crippen LogP contribution in [0.15, 0.2) is 30.3 Å². The fourth-order valence-electron chi connectivity index (χ4n) is 6.27. The molecule has 0 aliphatic carbocycles. The third-order valence-corrected chi connectivity index (χ3v) is 7.96. The first-order chi connectivity index (χ1) is 16.0. The molecule has 0 aromatic heterocycles. The van der Waals surface area contributed by atoms with Crippen molar-refractivity contribution in [2.45, 2.75) is 96.4 Å². The molecule has 194 valence electrons. The van der Waals surface area contributed by atoms with E-state index in [4.69, 9.17) is 0 Å². The van der Waals surface area contributed by atoms with E-state index in [0.29, 0.717) is 12.8 Å². The van der Waals surface area contributed by atoms with Crippen LogP contribution in [0.25, 0.3) is 0 Å². The van der Waals surface area contributed by atoms with E-state index < -0.39 is 11.0 Å². The van der Waals surface area contributed by atoms with Crippen molar-refractivity contribution in [3.05, 3.63) is 35.9 Å². The summed E-state index contributed by atoms with van der Waals surface area (Å²) < 4.78 is 0. The van der Waals surface area contributed by atoms with Crippen molar-refractivity contribution in [3.8, 4) is 0 Å². The minimum absolute atomic E-state index is 0. The van der Waals surface area contributed by atoms with Gasteiger partial charge in [-0.1, -0.05) is 51.1 Å². The molecule has 1 aromatic rings. The number of nitrogens with one attached hydrogen (secondary N) is 1. The highest BCUT2D eigenvalue weighted by atomic mass is 35.5. The van der Waals surface area contributed by atoms with Crippen LogP contribution in [0.4, 0.5) is 4.79 Å². The normalized spacial score (nSPS) is 27.5. The van der Waals surface area contributed by atoms with Gasteiger partial charge in [-0.25, -0.2) is 4.79 Å². The lowest BCUT2D eigenvalue weighted by molar-refractivity contribution is -0.137. The molecular formula is C27H41ClN4O3. The zero-order valence-corrected chi connectivity index (χ0v) is 22.7. The number of carbonyl (C=O) groups excluding carboxylic acids is 3. The molecule has 3 heterocycles. The maximum Gasteiger partial charge on any atom is 0.327 e. The Morgan fingerprint density at radius 2 is 1.66 bits per heavy atom. The first-order valence-corrected chi connectivity index (χ1v) is 12.7.